The second-order valence-electron chi connectivity index (χ2n) is 12.8. The third-order valence-electron chi connectivity index (χ3n) is 9.60. The minimum atomic E-state index is -1.95. The monoisotopic (exact) mass is 512 g/mol. The molecule has 0 heterocycles. The number of aliphatic hydroxyl groups is 1. The molecule has 0 amide bonds. The van der Waals surface area contributed by atoms with E-state index in [0.29, 0.717) is 11.3 Å². The Morgan fingerprint density at radius 2 is 1.90 bits per heavy atom. The molecular formula is C27H49BrO2Si. The van der Waals surface area contributed by atoms with Gasteiger partial charge in [0, 0.05) is 5.41 Å². The molecule has 5 atom stereocenters. The number of rotatable bonds is 8. The fourth-order valence-electron chi connectivity index (χ4n) is 6.10. The molecule has 0 aromatic heterocycles. The lowest BCUT2D eigenvalue weighted by Gasteiger charge is -2.48. The third kappa shape index (κ3) is 5.44. The first-order valence-electron chi connectivity index (χ1n) is 12.4. The summed E-state index contributed by atoms with van der Waals surface area (Å²) < 4.78 is 7.08. The van der Waals surface area contributed by atoms with Crippen LogP contribution in [0.1, 0.15) is 87.0 Å². The maximum Gasteiger partial charge on any atom is 0.192 e. The molecule has 2 saturated carbocycles. The van der Waals surface area contributed by atoms with Crippen molar-refractivity contribution in [1.29, 1.82) is 0 Å². The van der Waals surface area contributed by atoms with Gasteiger partial charge in [0.2, 0.25) is 0 Å². The summed E-state index contributed by atoms with van der Waals surface area (Å²) in [6, 6.07) is 0. The van der Waals surface area contributed by atoms with Crippen LogP contribution in [0.15, 0.2) is 22.7 Å². The van der Waals surface area contributed by atoms with Gasteiger partial charge in [-0.25, -0.2) is 0 Å². The Morgan fingerprint density at radius 1 is 1.29 bits per heavy atom. The SMILES string of the molecule is C=C(CO)C(C)(C)[C@@H](C[C@@H](C)[C@H]1CC[C@H]2C(=CBr)CCC[C@]12C)O[Si](C)(C)C(C)(C)C. The van der Waals surface area contributed by atoms with Crippen LogP contribution in [0.3, 0.4) is 0 Å². The van der Waals surface area contributed by atoms with E-state index in [1.165, 1.54) is 32.1 Å². The molecule has 4 heteroatoms. The molecule has 0 aromatic rings. The standard InChI is InChI=1S/C27H49BrO2Si/c1-19(22-13-14-23-21(17-28)12-11-15-27(22,23)8)16-24(26(6,7)20(2)18-29)30-31(9,10)25(3,4)5/h17,19,22-24,29H,2,11-16,18H2,1,3-10H3/t19-,22-,23+,24-,27-/m1/s1. The van der Waals surface area contributed by atoms with Crippen LogP contribution in [0.25, 0.3) is 0 Å². The molecule has 2 nitrogen and oxygen atoms in total. The van der Waals surface area contributed by atoms with Gasteiger partial charge in [0.25, 0.3) is 0 Å². The number of hydrogen-bond acceptors (Lipinski definition) is 2. The Kier molecular flexibility index (Phi) is 8.61. The van der Waals surface area contributed by atoms with Gasteiger partial charge in [0.05, 0.1) is 12.7 Å². The zero-order chi connectivity index (χ0) is 23.8. The number of halogens is 1. The van der Waals surface area contributed by atoms with Crippen molar-refractivity contribution in [1.82, 2.24) is 0 Å². The van der Waals surface area contributed by atoms with Crippen LogP contribution < -0.4 is 0 Å². The summed E-state index contributed by atoms with van der Waals surface area (Å²) in [5.41, 5.74) is 2.68. The van der Waals surface area contributed by atoms with Crippen LogP contribution in [0, 0.1) is 28.6 Å². The highest BCUT2D eigenvalue weighted by Crippen LogP contribution is 2.60. The molecule has 0 spiro atoms. The van der Waals surface area contributed by atoms with E-state index in [9.17, 15) is 5.11 Å². The van der Waals surface area contributed by atoms with E-state index < -0.39 is 8.32 Å². The molecule has 0 unspecified atom stereocenters. The molecule has 2 aliphatic rings. The lowest BCUT2D eigenvalue weighted by molar-refractivity contribution is 0.0254. The summed E-state index contributed by atoms with van der Waals surface area (Å²) >= 11 is 3.66. The smallest absolute Gasteiger partial charge is 0.192 e. The lowest BCUT2D eigenvalue weighted by Crippen LogP contribution is -2.49. The van der Waals surface area contributed by atoms with Gasteiger partial charge in [-0.2, -0.15) is 0 Å². The summed E-state index contributed by atoms with van der Waals surface area (Å²) in [7, 11) is -1.95. The highest BCUT2D eigenvalue weighted by atomic mass is 79.9. The van der Waals surface area contributed by atoms with Crippen LogP contribution >= 0.6 is 15.9 Å². The van der Waals surface area contributed by atoms with Gasteiger partial charge in [-0.1, -0.05) is 76.5 Å². The van der Waals surface area contributed by atoms with Gasteiger partial charge in [0.15, 0.2) is 8.32 Å². The first-order valence-corrected chi connectivity index (χ1v) is 16.2. The fourth-order valence-corrected chi connectivity index (χ4v) is 8.10. The van der Waals surface area contributed by atoms with Crippen LogP contribution in [0.5, 0.6) is 0 Å². The van der Waals surface area contributed by atoms with Gasteiger partial charge in [-0.05, 0) is 90.4 Å². The normalized spacial score (nSPS) is 30.9. The second kappa shape index (κ2) is 9.76. The lowest BCUT2D eigenvalue weighted by atomic mass is 9.60. The Bertz CT molecular complexity index is 675. The van der Waals surface area contributed by atoms with Crippen molar-refractivity contribution in [3.05, 3.63) is 22.7 Å². The van der Waals surface area contributed by atoms with Crippen LogP contribution in [0.4, 0.5) is 0 Å². The minimum Gasteiger partial charge on any atom is -0.413 e. The molecule has 2 fully saturated rings. The average molecular weight is 514 g/mol. The van der Waals surface area contributed by atoms with Gasteiger partial charge in [0.1, 0.15) is 0 Å². The van der Waals surface area contributed by atoms with Crippen LogP contribution in [-0.2, 0) is 4.43 Å². The van der Waals surface area contributed by atoms with Gasteiger partial charge in [-0.3, -0.25) is 0 Å². The van der Waals surface area contributed by atoms with Crippen molar-refractivity contribution < 1.29 is 9.53 Å². The van der Waals surface area contributed by atoms with Gasteiger partial charge < -0.3 is 9.53 Å². The molecular weight excluding hydrogens is 464 g/mol. The van der Waals surface area contributed by atoms with Crippen molar-refractivity contribution in [3.63, 3.8) is 0 Å². The van der Waals surface area contributed by atoms with E-state index in [1.54, 1.807) is 5.57 Å². The summed E-state index contributed by atoms with van der Waals surface area (Å²) in [4.78, 5) is 2.22. The molecule has 0 radical (unpaired) electrons. The predicted molar refractivity (Wildman–Crippen MR) is 141 cm³/mol. The van der Waals surface area contributed by atoms with Crippen molar-refractivity contribution in [2.45, 2.75) is 111 Å². The molecule has 0 bridgehead atoms. The van der Waals surface area contributed by atoms with E-state index in [4.69, 9.17) is 4.43 Å². The van der Waals surface area contributed by atoms with E-state index in [1.807, 2.05) is 0 Å². The number of allylic oxidation sites excluding steroid dienone is 1. The maximum absolute atomic E-state index is 9.92. The molecule has 2 aliphatic carbocycles. The molecule has 31 heavy (non-hydrogen) atoms. The molecule has 0 saturated heterocycles. The fraction of sp³-hybridized carbons (Fsp3) is 0.852. The summed E-state index contributed by atoms with van der Waals surface area (Å²) in [6.45, 7) is 25.4. The largest absolute Gasteiger partial charge is 0.413 e. The van der Waals surface area contributed by atoms with E-state index in [0.717, 1.165) is 23.8 Å². The van der Waals surface area contributed by atoms with Gasteiger partial charge >= 0.3 is 0 Å². The zero-order valence-electron chi connectivity index (χ0n) is 21.8. The highest BCUT2D eigenvalue weighted by molar-refractivity contribution is 9.11. The minimum absolute atomic E-state index is 0.0291. The van der Waals surface area contributed by atoms with Crippen molar-refractivity contribution >= 4 is 24.2 Å². The first kappa shape index (κ1) is 27.3. The number of fused-ring (bicyclic) bond motifs is 1. The molecule has 0 aromatic carbocycles. The summed E-state index contributed by atoms with van der Waals surface area (Å²) in [5.74, 6) is 2.04. The molecule has 1 N–H and O–H groups in total. The maximum atomic E-state index is 9.92. The Hall–Kier alpha value is 0.0969. The molecule has 0 aliphatic heterocycles. The summed E-state index contributed by atoms with van der Waals surface area (Å²) in [5, 5.41) is 10.1. The summed E-state index contributed by atoms with van der Waals surface area (Å²) in [6.07, 6.45) is 7.68. The molecule has 2 rings (SSSR count). The van der Waals surface area contributed by atoms with Gasteiger partial charge in [-0.15, -0.1) is 0 Å². The Labute approximate surface area is 202 Å². The Balaban J connectivity index is 2.31. The van der Waals surface area contributed by atoms with Crippen molar-refractivity contribution in [3.8, 4) is 0 Å². The quantitative estimate of drug-likeness (QED) is 0.261. The molecule has 180 valence electrons. The average Bonchev–Trinajstić information content (AvgIpc) is 3.02. The van der Waals surface area contributed by atoms with Crippen LogP contribution in [0.2, 0.25) is 18.1 Å². The van der Waals surface area contributed by atoms with E-state index in [-0.39, 0.29) is 23.2 Å². The number of aliphatic hydroxyl groups excluding tert-OH is 1. The first-order chi connectivity index (χ1) is 14.1. The second-order valence-corrected chi connectivity index (χ2v) is 18.1. The van der Waals surface area contributed by atoms with E-state index >= 15 is 0 Å². The van der Waals surface area contributed by atoms with E-state index in [2.05, 4.69) is 89.1 Å². The van der Waals surface area contributed by atoms with Crippen molar-refractivity contribution in [2.75, 3.05) is 6.61 Å². The number of hydrogen-bond donors (Lipinski definition) is 1. The topological polar surface area (TPSA) is 29.5 Å². The van der Waals surface area contributed by atoms with Crippen molar-refractivity contribution in [2.24, 2.45) is 28.6 Å². The van der Waals surface area contributed by atoms with Crippen LogP contribution in [-0.4, -0.2) is 26.1 Å². The highest BCUT2D eigenvalue weighted by Gasteiger charge is 2.52. The Morgan fingerprint density at radius 3 is 2.42 bits per heavy atom. The predicted octanol–water partition coefficient (Wildman–Crippen LogP) is 8.47. The third-order valence-corrected chi connectivity index (χ3v) is 14.7. The zero-order valence-corrected chi connectivity index (χ0v) is 24.4.